The summed E-state index contributed by atoms with van der Waals surface area (Å²) in [5.41, 5.74) is 7.22. The summed E-state index contributed by atoms with van der Waals surface area (Å²) in [7, 11) is 0. The quantitative estimate of drug-likeness (QED) is 0.902. The van der Waals surface area contributed by atoms with Crippen LogP contribution in [0.5, 0.6) is 0 Å². The number of amides is 1. The van der Waals surface area contributed by atoms with Crippen LogP contribution in [-0.2, 0) is 11.2 Å². The molecule has 0 saturated carbocycles. The molecular formula is C16H24N2O. The highest BCUT2D eigenvalue weighted by molar-refractivity contribution is 5.82. The Morgan fingerprint density at radius 1 is 1.42 bits per heavy atom. The minimum atomic E-state index is -0.335. The van der Waals surface area contributed by atoms with Crippen molar-refractivity contribution in [2.24, 2.45) is 11.7 Å². The van der Waals surface area contributed by atoms with E-state index in [2.05, 4.69) is 31.2 Å². The van der Waals surface area contributed by atoms with Gasteiger partial charge in [-0.3, -0.25) is 4.79 Å². The van der Waals surface area contributed by atoms with Gasteiger partial charge in [-0.2, -0.15) is 0 Å². The lowest BCUT2D eigenvalue weighted by atomic mass is 9.93. The Labute approximate surface area is 115 Å². The third-order valence-electron chi connectivity index (χ3n) is 4.30. The van der Waals surface area contributed by atoms with Crippen LogP contribution in [0.2, 0.25) is 0 Å². The van der Waals surface area contributed by atoms with Crippen LogP contribution in [0.1, 0.15) is 32.3 Å². The minimum Gasteiger partial charge on any atom is -0.338 e. The summed E-state index contributed by atoms with van der Waals surface area (Å²) in [5.74, 6) is 0.668. The fourth-order valence-electron chi connectivity index (χ4n) is 2.89. The van der Waals surface area contributed by atoms with Crippen LogP contribution in [-0.4, -0.2) is 29.4 Å². The number of hydrogen-bond acceptors (Lipinski definition) is 2. The first-order chi connectivity index (χ1) is 9.13. The molecule has 1 aromatic rings. The zero-order chi connectivity index (χ0) is 13.8. The standard InChI is InChI=1S/C16H24N2O/c1-3-15(17)16(19)18-10-9-14(12(18)2)11-13-7-5-4-6-8-13/h4-8,12,14-15H,3,9-11,17H2,1-2H3/t12-,14-,15-/m0/s1. The van der Waals surface area contributed by atoms with Gasteiger partial charge in [-0.25, -0.2) is 0 Å². The molecular weight excluding hydrogens is 236 g/mol. The summed E-state index contributed by atoms with van der Waals surface area (Å²) in [6.07, 6.45) is 2.84. The van der Waals surface area contributed by atoms with Crippen molar-refractivity contribution < 1.29 is 4.79 Å². The highest BCUT2D eigenvalue weighted by Gasteiger charge is 2.35. The van der Waals surface area contributed by atoms with Crippen molar-refractivity contribution in [2.75, 3.05) is 6.54 Å². The maximum absolute atomic E-state index is 12.2. The fraction of sp³-hybridized carbons (Fsp3) is 0.562. The van der Waals surface area contributed by atoms with Crippen LogP contribution in [0.15, 0.2) is 30.3 Å². The molecule has 0 bridgehead atoms. The Morgan fingerprint density at radius 2 is 2.11 bits per heavy atom. The van der Waals surface area contributed by atoms with E-state index in [9.17, 15) is 4.79 Å². The summed E-state index contributed by atoms with van der Waals surface area (Å²) in [5, 5.41) is 0. The van der Waals surface area contributed by atoms with Gasteiger partial charge in [0.25, 0.3) is 0 Å². The molecule has 3 atom stereocenters. The molecule has 2 rings (SSSR count). The zero-order valence-corrected chi connectivity index (χ0v) is 11.9. The van der Waals surface area contributed by atoms with Gasteiger partial charge >= 0.3 is 0 Å². The first-order valence-electron chi connectivity index (χ1n) is 7.23. The number of likely N-dealkylation sites (tertiary alicyclic amines) is 1. The normalized spacial score (nSPS) is 24.5. The Balaban J connectivity index is 1.98. The molecule has 1 heterocycles. The van der Waals surface area contributed by atoms with Gasteiger partial charge in [0.15, 0.2) is 0 Å². The second-order valence-corrected chi connectivity index (χ2v) is 5.53. The van der Waals surface area contributed by atoms with Crippen LogP contribution in [0.25, 0.3) is 0 Å². The van der Waals surface area contributed by atoms with Gasteiger partial charge < -0.3 is 10.6 Å². The number of nitrogens with two attached hydrogens (primary N) is 1. The topological polar surface area (TPSA) is 46.3 Å². The predicted octanol–water partition coefficient (Wildman–Crippen LogP) is 2.20. The average molecular weight is 260 g/mol. The summed E-state index contributed by atoms with van der Waals surface area (Å²) >= 11 is 0. The Kier molecular flexibility index (Phi) is 4.59. The number of carbonyl (C=O) groups is 1. The molecule has 0 radical (unpaired) electrons. The first kappa shape index (κ1) is 14.1. The summed E-state index contributed by atoms with van der Waals surface area (Å²) < 4.78 is 0. The molecule has 1 amide bonds. The van der Waals surface area contributed by atoms with Gasteiger partial charge in [0.1, 0.15) is 0 Å². The lowest BCUT2D eigenvalue weighted by molar-refractivity contribution is -0.133. The molecule has 3 nitrogen and oxygen atoms in total. The SMILES string of the molecule is CC[C@H](N)C(=O)N1CC[C@@H](Cc2ccccc2)[C@@H]1C. The molecule has 1 fully saturated rings. The van der Waals surface area contributed by atoms with Crippen molar-refractivity contribution in [1.29, 1.82) is 0 Å². The van der Waals surface area contributed by atoms with E-state index in [0.29, 0.717) is 18.4 Å². The maximum Gasteiger partial charge on any atom is 0.239 e. The number of carbonyl (C=O) groups excluding carboxylic acids is 1. The van der Waals surface area contributed by atoms with E-state index >= 15 is 0 Å². The van der Waals surface area contributed by atoms with Crippen molar-refractivity contribution in [3.63, 3.8) is 0 Å². The van der Waals surface area contributed by atoms with Crippen molar-refractivity contribution in [3.05, 3.63) is 35.9 Å². The molecule has 0 aliphatic carbocycles. The van der Waals surface area contributed by atoms with Crippen molar-refractivity contribution >= 4 is 5.91 Å². The van der Waals surface area contributed by atoms with E-state index in [1.54, 1.807) is 0 Å². The van der Waals surface area contributed by atoms with Gasteiger partial charge in [-0.05, 0) is 37.7 Å². The Morgan fingerprint density at radius 3 is 2.74 bits per heavy atom. The third kappa shape index (κ3) is 3.16. The summed E-state index contributed by atoms with van der Waals surface area (Å²) in [6, 6.07) is 10.5. The van der Waals surface area contributed by atoms with Crippen LogP contribution in [0.4, 0.5) is 0 Å². The smallest absolute Gasteiger partial charge is 0.239 e. The first-order valence-corrected chi connectivity index (χ1v) is 7.23. The van der Waals surface area contributed by atoms with E-state index in [0.717, 1.165) is 19.4 Å². The molecule has 0 aromatic heterocycles. The largest absolute Gasteiger partial charge is 0.338 e. The van der Waals surface area contributed by atoms with E-state index in [4.69, 9.17) is 5.73 Å². The fourth-order valence-corrected chi connectivity index (χ4v) is 2.89. The van der Waals surface area contributed by atoms with E-state index in [1.807, 2.05) is 17.9 Å². The Bertz CT molecular complexity index is 418. The average Bonchev–Trinajstić information content (AvgIpc) is 2.80. The maximum atomic E-state index is 12.2. The van der Waals surface area contributed by atoms with Gasteiger partial charge in [-0.1, -0.05) is 37.3 Å². The molecule has 3 heteroatoms. The monoisotopic (exact) mass is 260 g/mol. The second kappa shape index (κ2) is 6.20. The van der Waals surface area contributed by atoms with Crippen LogP contribution < -0.4 is 5.73 Å². The molecule has 0 unspecified atom stereocenters. The molecule has 19 heavy (non-hydrogen) atoms. The Hall–Kier alpha value is -1.35. The van der Waals surface area contributed by atoms with Gasteiger partial charge in [0, 0.05) is 12.6 Å². The third-order valence-corrected chi connectivity index (χ3v) is 4.30. The highest BCUT2D eigenvalue weighted by atomic mass is 16.2. The molecule has 1 aromatic carbocycles. The van der Waals surface area contributed by atoms with E-state index in [-0.39, 0.29) is 11.9 Å². The number of benzene rings is 1. The summed E-state index contributed by atoms with van der Waals surface area (Å²) in [6.45, 7) is 4.97. The lowest BCUT2D eigenvalue weighted by Crippen LogP contribution is -2.45. The molecule has 2 N–H and O–H groups in total. The van der Waals surface area contributed by atoms with Crippen molar-refractivity contribution in [2.45, 2.75) is 45.2 Å². The van der Waals surface area contributed by atoms with Crippen molar-refractivity contribution in [1.82, 2.24) is 4.90 Å². The molecule has 1 saturated heterocycles. The summed E-state index contributed by atoms with van der Waals surface area (Å²) in [4.78, 5) is 14.2. The predicted molar refractivity (Wildman–Crippen MR) is 77.7 cm³/mol. The molecule has 104 valence electrons. The van der Waals surface area contributed by atoms with Crippen molar-refractivity contribution in [3.8, 4) is 0 Å². The number of hydrogen-bond donors (Lipinski definition) is 1. The van der Waals surface area contributed by atoms with Crippen LogP contribution in [0.3, 0.4) is 0 Å². The van der Waals surface area contributed by atoms with E-state index in [1.165, 1.54) is 5.56 Å². The van der Waals surface area contributed by atoms with Gasteiger partial charge in [-0.15, -0.1) is 0 Å². The molecule has 1 aliphatic heterocycles. The minimum absolute atomic E-state index is 0.116. The van der Waals surface area contributed by atoms with Gasteiger partial charge in [0.2, 0.25) is 5.91 Å². The van der Waals surface area contributed by atoms with E-state index < -0.39 is 0 Å². The lowest BCUT2D eigenvalue weighted by Gasteiger charge is -2.27. The van der Waals surface area contributed by atoms with Gasteiger partial charge in [0.05, 0.1) is 6.04 Å². The highest BCUT2D eigenvalue weighted by Crippen LogP contribution is 2.28. The number of nitrogens with zero attached hydrogens (tertiary/aromatic N) is 1. The molecule has 1 aliphatic rings. The number of rotatable bonds is 4. The second-order valence-electron chi connectivity index (χ2n) is 5.53. The van der Waals surface area contributed by atoms with Crippen LogP contribution >= 0.6 is 0 Å². The molecule has 0 spiro atoms. The van der Waals surface area contributed by atoms with Crippen LogP contribution in [0, 0.1) is 5.92 Å². The zero-order valence-electron chi connectivity index (χ0n) is 11.9.